The highest BCUT2D eigenvalue weighted by atomic mass is 31.2. The van der Waals surface area contributed by atoms with Crippen LogP contribution in [0, 0.1) is 0 Å². The van der Waals surface area contributed by atoms with Gasteiger partial charge in [-0.05, 0) is 43.2 Å². The predicted octanol–water partition coefficient (Wildman–Crippen LogP) is 5.21. The van der Waals surface area contributed by atoms with E-state index in [2.05, 4.69) is 60.7 Å². The van der Waals surface area contributed by atoms with E-state index in [4.69, 9.17) is 9.05 Å². The molecular formula is C23H26O3P2. The molecule has 3 aromatic rings. The van der Waals surface area contributed by atoms with Gasteiger partial charge in [0, 0.05) is 0 Å². The third-order valence-corrected chi connectivity index (χ3v) is 8.75. The van der Waals surface area contributed by atoms with Crippen molar-refractivity contribution in [2.45, 2.75) is 20.0 Å². The lowest BCUT2D eigenvalue weighted by molar-refractivity contribution is 0.219. The zero-order chi connectivity index (χ0) is 19.8. The molecule has 0 N–H and O–H groups in total. The van der Waals surface area contributed by atoms with E-state index in [1.54, 1.807) is 0 Å². The first kappa shape index (κ1) is 21.0. The van der Waals surface area contributed by atoms with Gasteiger partial charge < -0.3 is 9.05 Å². The van der Waals surface area contributed by atoms with E-state index < -0.39 is 15.5 Å². The standard InChI is InChI=1S/C23H26O3P2/c1-3-25-28(24,26-4-2)19-20-15-17-23(18-16-20)27(21-11-7-5-8-12-21)22-13-9-6-10-14-22/h5-18H,3-4,19H2,1-2H3. The van der Waals surface area contributed by atoms with Crippen molar-refractivity contribution in [3.63, 3.8) is 0 Å². The van der Waals surface area contributed by atoms with Crippen molar-refractivity contribution in [1.29, 1.82) is 0 Å². The first-order valence-corrected chi connectivity index (χ1v) is 12.6. The smallest absolute Gasteiger partial charge is 0.309 e. The highest BCUT2D eigenvalue weighted by Gasteiger charge is 2.24. The second kappa shape index (κ2) is 10.1. The van der Waals surface area contributed by atoms with Gasteiger partial charge in [-0.2, -0.15) is 0 Å². The van der Waals surface area contributed by atoms with Gasteiger partial charge in [-0.1, -0.05) is 84.9 Å². The Kier molecular flexibility index (Phi) is 7.59. The Hall–Kier alpha value is -1.76. The van der Waals surface area contributed by atoms with Gasteiger partial charge in [0.25, 0.3) is 0 Å². The van der Waals surface area contributed by atoms with Crippen LogP contribution in [0.4, 0.5) is 0 Å². The van der Waals surface area contributed by atoms with Gasteiger partial charge in [0.1, 0.15) is 0 Å². The lowest BCUT2D eigenvalue weighted by atomic mass is 10.2. The zero-order valence-corrected chi connectivity index (χ0v) is 18.1. The molecule has 0 amide bonds. The van der Waals surface area contributed by atoms with Gasteiger partial charge >= 0.3 is 7.60 Å². The van der Waals surface area contributed by atoms with Crippen LogP contribution in [0.1, 0.15) is 19.4 Å². The Bertz CT molecular complexity index is 847. The van der Waals surface area contributed by atoms with Gasteiger partial charge in [0.2, 0.25) is 0 Å². The zero-order valence-electron chi connectivity index (χ0n) is 16.3. The lowest BCUT2D eigenvalue weighted by Gasteiger charge is -2.20. The monoisotopic (exact) mass is 412 g/mol. The van der Waals surface area contributed by atoms with E-state index in [0.29, 0.717) is 19.4 Å². The summed E-state index contributed by atoms with van der Waals surface area (Å²) in [5.41, 5.74) is 0.963. The summed E-state index contributed by atoms with van der Waals surface area (Å²) >= 11 is 0. The average Bonchev–Trinajstić information content (AvgIpc) is 2.71. The SMILES string of the molecule is CCOP(=O)(Cc1ccc(P(c2ccccc2)c2ccccc2)cc1)OCC. The summed E-state index contributed by atoms with van der Waals surface area (Å²) in [5, 5.41) is 3.88. The van der Waals surface area contributed by atoms with E-state index in [0.717, 1.165) is 5.56 Å². The Morgan fingerprint density at radius 3 is 1.54 bits per heavy atom. The normalized spacial score (nSPS) is 11.7. The van der Waals surface area contributed by atoms with Crippen molar-refractivity contribution >= 4 is 31.4 Å². The maximum atomic E-state index is 12.8. The Balaban J connectivity index is 1.90. The first-order chi connectivity index (χ1) is 13.6. The van der Waals surface area contributed by atoms with Crippen LogP contribution in [-0.4, -0.2) is 13.2 Å². The van der Waals surface area contributed by atoms with Gasteiger partial charge in [-0.15, -0.1) is 0 Å². The molecule has 3 nitrogen and oxygen atoms in total. The average molecular weight is 412 g/mol. The molecule has 0 aliphatic heterocycles. The molecule has 0 aromatic heterocycles. The minimum absolute atomic E-state index is 0.295. The fraction of sp³-hybridized carbons (Fsp3) is 0.217. The first-order valence-electron chi connectivity index (χ1n) is 9.52. The molecule has 0 aliphatic rings. The van der Waals surface area contributed by atoms with Gasteiger partial charge in [0.05, 0.1) is 19.4 Å². The molecule has 3 rings (SSSR count). The van der Waals surface area contributed by atoms with E-state index in [1.807, 2.05) is 38.1 Å². The summed E-state index contributed by atoms with van der Waals surface area (Å²) < 4.78 is 23.7. The predicted molar refractivity (Wildman–Crippen MR) is 120 cm³/mol. The Morgan fingerprint density at radius 1 is 0.679 bits per heavy atom. The summed E-state index contributed by atoms with van der Waals surface area (Å²) in [6, 6.07) is 29.5. The molecule has 0 saturated carbocycles. The van der Waals surface area contributed by atoms with Crippen molar-refractivity contribution in [2.75, 3.05) is 13.2 Å². The second-order valence-electron chi connectivity index (χ2n) is 6.28. The molecule has 5 heteroatoms. The molecule has 0 atom stereocenters. The fourth-order valence-corrected chi connectivity index (χ4v) is 7.08. The van der Waals surface area contributed by atoms with Gasteiger partial charge in [-0.3, -0.25) is 4.57 Å². The van der Waals surface area contributed by atoms with Crippen molar-refractivity contribution in [1.82, 2.24) is 0 Å². The topological polar surface area (TPSA) is 35.5 Å². The van der Waals surface area contributed by atoms with Gasteiger partial charge in [0.15, 0.2) is 0 Å². The minimum atomic E-state index is -3.09. The second-order valence-corrected chi connectivity index (χ2v) is 10.6. The molecule has 0 fully saturated rings. The van der Waals surface area contributed by atoms with E-state index >= 15 is 0 Å². The molecule has 0 bridgehead atoms. The number of benzene rings is 3. The van der Waals surface area contributed by atoms with Crippen molar-refractivity contribution in [3.8, 4) is 0 Å². The van der Waals surface area contributed by atoms with Crippen molar-refractivity contribution in [2.24, 2.45) is 0 Å². The van der Waals surface area contributed by atoms with E-state index in [9.17, 15) is 4.57 Å². The maximum Gasteiger partial charge on any atom is 0.335 e. The largest absolute Gasteiger partial charge is 0.335 e. The van der Waals surface area contributed by atoms with Crippen LogP contribution in [0.25, 0.3) is 0 Å². The molecule has 0 aliphatic carbocycles. The number of rotatable bonds is 9. The highest BCUT2D eigenvalue weighted by Crippen LogP contribution is 2.51. The Labute approximate surface area is 169 Å². The van der Waals surface area contributed by atoms with Crippen LogP contribution >= 0.6 is 15.5 Å². The molecule has 28 heavy (non-hydrogen) atoms. The molecule has 3 aromatic carbocycles. The van der Waals surface area contributed by atoms with Crippen LogP contribution < -0.4 is 15.9 Å². The molecule has 0 saturated heterocycles. The van der Waals surface area contributed by atoms with E-state index in [-0.39, 0.29) is 0 Å². The van der Waals surface area contributed by atoms with Crippen LogP contribution in [0.2, 0.25) is 0 Å². The molecule has 0 radical (unpaired) electrons. The summed E-state index contributed by atoms with van der Waals surface area (Å²) in [4.78, 5) is 0. The van der Waals surface area contributed by atoms with Crippen LogP contribution in [0.3, 0.4) is 0 Å². The summed E-state index contributed by atoms with van der Waals surface area (Å²) in [5.74, 6) is 0. The highest BCUT2D eigenvalue weighted by molar-refractivity contribution is 7.79. The summed E-state index contributed by atoms with van der Waals surface area (Å²) in [7, 11) is -3.73. The fourth-order valence-electron chi connectivity index (χ4n) is 3.10. The van der Waals surface area contributed by atoms with Crippen molar-refractivity contribution in [3.05, 3.63) is 90.5 Å². The van der Waals surface area contributed by atoms with E-state index in [1.165, 1.54) is 15.9 Å². The van der Waals surface area contributed by atoms with Crippen LogP contribution in [-0.2, 0) is 19.8 Å². The summed E-state index contributed by atoms with van der Waals surface area (Å²) in [6.07, 6.45) is 0.295. The maximum absolute atomic E-state index is 12.8. The lowest BCUT2D eigenvalue weighted by Crippen LogP contribution is -2.20. The third kappa shape index (κ3) is 5.40. The van der Waals surface area contributed by atoms with Crippen LogP contribution in [0.5, 0.6) is 0 Å². The minimum Gasteiger partial charge on any atom is -0.309 e. The summed E-state index contributed by atoms with van der Waals surface area (Å²) in [6.45, 7) is 4.43. The van der Waals surface area contributed by atoms with Gasteiger partial charge in [-0.25, -0.2) is 0 Å². The molecule has 0 heterocycles. The quantitative estimate of drug-likeness (QED) is 0.453. The molecular weight excluding hydrogens is 386 g/mol. The number of hydrogen-bond acceptors (Lipinski definition) is 3. The Morgan fingerprint density at radius 2 is 1.11 bits per heavy atom. The third-order valence-electron chi connectivity index (χ3n) is 4.25. The number of hydrogen-bond donors (Lipinski definition) is 0. The molecule has 0 unspecified atom stereocenters. The molecule has 0 spiro atoms. The van der Waals surface area contributed by atoms with Crippen LogP contribution in [0.15, 0.2) is 84.9 Å². The van der Waals surface area contributed by atoms with Crippen molar-refractivity contribution < 1.29 is 13.6 Å². The molecule has 146 valence electrons.